The van der Waals surface area contributed by atoms with Crippen molar-refractivity contribution in [2.45, 2.75) is 0 Å². The zero-order valence-electron chi connectivity index (χ0n) is 14.1. The number of hydrogen-bond acceptors (Lipinski definition) is 4. The van der Waals surface area contributed by atoms with Gasteiger partial charge in [0, 0.05) is 23.6 Å². The molecule has 2 aromatic carbocycles. The van der Waals surface area contributed by atoms with Crippen molar-refractivity contribution >= 4 is 17.6 Å². The predicted octanol–water partition coefficient (Wildman–Crippen LogP) is 3.92. The Morgan fingerprint density at radius 2 is 1.88 bits per heavy atom. The van der Waals surface area contributed by atoms with Gasteiger partial charge in [-0.15, -0.1) is 11.3 Å². The summed E-state index contributed by atoms with van der Waals surface area (Å²) in [6.07, 6.45) is 1.45. The summed E-state index contributed by atoms with van der Waals surface area (Å²) >= 11 is 1.40. The number of rotatable bonds is 6. The average molecular weight is 373 g/mol. The lowest BCUT2D eigenvalue weighted by molar-refractivity contribution is 0.207. The highest BCUT2D eigenvalue weighted by Gasteiger charge is 2.08. The van der Waals surface area contributed by atoms with Crippen LogP contribution in [0.4, 0.5) is 8.78 Å². The summed E-state index contributed by atoms with van der Waals surface area (Å²) in [7, 11) is 1.61. The molecule has 0 aliphatic carbocycles. The summed E-state index contributed by atoms with van der Waals surface area (Å²) in [5.74, 6) is -0.663. The van der Waals surface area contributed by atoms with Crippen molar-refractivity contribution in [2.75, 3.05) is 20.3 Å². The highest BCUT2D eigenvalue weighted by molar-refractivity contribution is 7.07. The Kier molecular flexibility index (Phi) is 6.04. The number of thiazole rings is 1. The van der Waals surface area contributed by atoms with Crippen LogP contribution in [0.25, 0.3) is 11.3 Å². The Hall–Kier alpha value is -2.64. The molecule has 0 unspecified atom stereocenters. The highest BCUT2D eigenvalue weighted by Crippen LogP contribution is 2.20. The molecule has 3 aromatic rings. The van der Waals surface area contributed by atoms with Crippen LogP contribution in [0.3, 0.4) is 0 Å². The van der Waals surface area contributed by atoms with Crippen LogP contribution in [-0.4, -0.2) is 31.2 Å². The van der Waals surface area contributed by atoms with Crippen molar-refractivity contribution < 1.29 is 13.5 Å². The lowest BCUT2D eigenvalue weighted by Gasteiger charge is -2.04. The van der Waals surface area contributed by atoms with E-state index in [1.165, 1.54) is 35.8 Å². The van der Waals surface area contributed by atoms with E-state index in [1.807, 2.05) is 5.38 Å². The molecular weight excluding hydrogens is 356 g/mol. The summed E-state index contributed by atoms with van der Waals surface area (Å²) < 4.78 is 33.7. The Bertz CT molecular complexity index is 961. The summed E-state index contributed by atoms with van der Waals surface area (Å²) in [5, 5.41) is 6.30. The quantitative estimate of drug-likeness (QED) is 0.477. The van der Waals surface area contributed by atoms with Gasteiger partial charge in [0.2, 0.25) is 4.80 Å². The van der Waals surface area contributed by atoms with E-state index >= 15 is 0 Å². The first-order valence-corrected chi connectivity index (χ1v) is 8.82. The van der Waals surface area contributed by atoms with Crippen molar-refractivity contribution in [1.82, 2.24) is 4.68 Å². The molecule has 0 fully saturated rings. The molecule has 0 bridgehead atoms. The van der Waals surface area contributed by atoms with Crippen molar-refractivity contribution in [3.8, 4) is 11.3 Å². The molecule has 1 aromatic heterocycles. The minimum Gasteiger partial charge on any atom is -0.383 e. The van der Waals surface area contributed by atoms with E-state index < -0.39 is 0 Å². The van der Waals surface area contributed by atoms with Crippen LogP contribution in [-0.2, 0) is 4.74 Å². The number of aromatic nitrogens is 1. The molecule has 0 amide bonds. The third-order valence-electron chi connectivity index (χ3n) is 3.59. The zero-order valence-corrected chi connectivity index (χ0v) is 14.9. The van der Waals surface area contributed by atoms with Gasteiger partial charge in [0.1, 0.15) is 11.6 Å². The van der Waals surface area contributed by atoms with Gasteiger partial charge in [0.15, 0.2) is 0 Å². The smallest absolute Gasteiger partial charge is 0.206 e. The van der Waals surface area contributed by atoms with Crippen molar-refractivity contribution in [3.05, 3.63) is 75.9 Å². The van der Waals surface area contributed by atoms with Gasteiger partial charge in [-0.1, -0.05) is 18.2 Å². The molecule has 0 aliphatic rings. The molecule has 0 atom stereocenters. The second-order valence-corrected chi connectivity index (χ2v) is 6.20. The molecule has 1 heterocycles. The topological polar surface area (TPSA) is 38.9 Å². The molecule has 134 valence electrons. The fourth-order valence-electron chi connectivity index (χ4n) is 2.27. The zero-order chi connectivity index (χ0) is 18.4. The lowest BCUT2D eigenvalue weighted by Crippen LogP contribution is -2.14. The number of benzene rings is 2. The Labute approximate surface area is 153 Å². The summed E-state index contributed by atoms with van der Waals surface area (Å²) in [5.41, 5.74) is 1.92. The Balaban J connectivity index is 2.04. The summed E-state index contributed by atoms with van der Waals surface area (Å²) in [4.78, 5) is 5.12. The van der Waals surface area contributed by atoms with Crippen molar-refractivity contribution in [1.29, 1.82) is 0 Å². The molecule has 3 rings (SSSR count). The average Bonchev–Trinajstić information content (AvgIpc) is 3.05. The van der Waals surface area contributed by atoms with E-state index in [1.54, 1.807) is 42.1 Å². The fourth-order valence-corrected chi connectivity index (χ4v) is 3.13. The number of methoxy groups -OCH3 is 1. The second kappa shape index (κ2) is 8.64. The molecule has 0 radical (unpaired) electrons. The maximum absolute atomic E-state index is 13.9. The molecule has 0 N–H and O–H groups in total. The molecule has 0 saturated carbocycles. The molecule has 26 heavy (non-hydrogen) atoms. The first kappa shape index (κ1) is 18.2. The molecule has 0 spiro atoms. The van der Waals surface area contributed by atoms with Crippen LogP contribution in [0, 0.1) is 11.6 Å². The van der Waals surface area contributed by atoms with E-state index in [-0.39, 0.29) is 11.6 Å². The SMILES string of the molecule is COCCN=c1scc(-c2ccc(F)cc2)n1/N=C\c1ccccc1F. The summed E-state index contributed by atoms with van der Waals surface area (Å²) in [6.45, 7) is 0.968. The van der Waals surface area contributed by atoms with Gasteiger partial charge in [-0.05, 0) is 30.3 Å². The van der Waals surface area contributed by atoms with Gasteiger partial charge >= 0.3 is 0 Å². The molecule has 0 saturated heterocycles. The van der Waals surface area contributed by atoms with E-state index in [9.17, 15) is 8.78 Å². The molecule has 7 heteroatoms. The number of ether oxygens (including phenoxy) is 1. The molecule has 4 nitrogen and oxygen atoms in total. The standard InChI is InChI=1S/C19H17F2N3OS/c1-25-11-10-22-19-24(23-12-15-4-2-3-5-17(15)21)18(13-26-19)14-6-8-16(20)9-7-14/h2-9,12-13H,10-11H2,1H3/b22-19?,23-12-. The van der Waals surface area contributed by atoms with Gasteiger partial charge < -0.3 is 4.74 Å². The largest absolute Gasteiger partial charge is 0.383 e. The number of nitrogens with zero attached hydrogens (tertiary/aromatic N) is 3. The summed E-state index contributed by atoms with van der Waals surface area (Å²) in [6, 6.07) is 12.5. The van der Waals surface area contributed by atoms with Crippen LogP contribution in [0.2, 0.25) is 0 Å². The third kappa shape index (κ3) is 4.30. The van der Waals surface area contributed by atoms with Gasteiger partial charge in [0.25, 0.3) is 0 Å². The first-order chi connectivity index (χ1) is 12.7. The minimum atomic E-state index is -0.353. The normalized spacial score (nSPS) is 12.2. The van der Waals surface area contributed by atoms with Gasteiger partial charge in [-0.2, -0.15) is 5.10 Å². The van der Waals surface area contributed by atoms with E-state index in [0.29, 0.717) is 23.5 Å². The minimum absolute atomic E-state index is 0.310. The van der Waals surface area contributed by atoms with Crippen LogP contribution in [0.1, 0.15) is 5.56 Å². The number of hydrogen-bond donors (Lipinski definition) is 0. The van der Waals surface area contributed by atoms with E-state index in [2.05, 4.69) is 10.1 Å². The highest BCUT2D eigenvalue weighted by atomic mass is 32.1. The lowest BCUT2D eigenvalue weighted by atomic mass is 10.2. The number of halogens is 2. The fraction of sp³-hybridized carbons (Fsp3) is 0.158. The van der Waals surface area contributed by atoms with Crippen molar-refractivity contribution in [3.63, 3.8) is 0 Å². The maximum Gasteiger partial charge on any atom is 0.206 e. The second-order valence-electron chi connectivity index (χ2n) is 5.36. The van der Waals surface area contributed by atoms with Crippen LogP contribution >= 0.6 is 11.3 Å². The van der Waals surface area contributed by atoms with Gasteiger partial charge in [-0.3, -0.25) is 4.99 Å². The van der Waals surface area contributed by atoms with Crippen LogP contribution in [0.15, 0.2) is 64.0 Å². The van der Waals surface area contributed by atoms with Gasteiger partial charge in [0.05, 0.1) is 25.1 Å². The Morgan fingerprint density at radius 1 is 1.12 bits per heavy atom. The molecule has 0 aliphatic heterocycles. The Morgan fingerprint density at radius 3 is 2.62 bits per heavy atom. The maximum atomic E-state index is 13.9. The third-order valence-corrected chi connectivity index (χ3v) is 4.44. The first-order valence-electron chi connectivity index (χ1n) is 7.94. The van der Waals surface area contributed by atoms with Crippen LogP contribution < -0.4 is 4.80 Å². The van der Waals surface area contributed by atoms with Gasteiger partial charge in [-0.25, -0.2) is 13.5 Å². The van der Waals surface area contributed by atoms with Crippen LogP contribution in [0.5, 0.6) is 0 Å². The monoisotopic (exact) mass is 373 g/mol. The van der Waals surface area contributed by atoms with E-state index in [4.69, 9.17) is 4.74 Å². The van der Waals surface area contributed by atoms with Crippen molar-refractivity contribution in [2.24, 2.45) is 10.1 Å². The van der Waals surface area contributed by atoms with E-state index in [0.717, 1.165) is 11.3 Å². The predicted molar refractivity (Wildman–Crippen MR) is 99.4 cm³/mol. The molecular formula is C19H17F2N3OS.